The molecule has 1 aromatic carbocycles. The monoisotopic (exact) mass is 337 g/mol. The Morgan fingerprint density at radius 2 is 2.05 bits per heavy atom. The largest absolute Gasteiger partial charge is 0.329 e. The van der Waals surface area contributed by atoms with Crippen molar-refractivity contribution in [1.29, 1.82) is 0 Å². The second kappa shape index (κ2) is 5.76. The molecule has 0 bridgehead atoms. The first-order valence-corrected chi connectivity index (χ1v) is 8.32. The first kappa shape index (κ1) is 14.5. The van der Waals surface area contributed by atoms with Crippen molar-refractivity contribution < 1.29 is 0 Å². The van der Waals surface area contributed by atoms with Crippen LogP contribution in [0.15, 0.2) is 28.7 Å². The smallest absolute Gasteiger partial charge is 0.0471 e. The Morgan fingerprint density at radius 1 is 1.35 bits per heavy atom. The molecule has 1 aromatic rings. The molecule has 0 spiro atoms. The van der Waals surface area contributed by atoms with Crippen LogP contribution in [0, 0.1) is 0 Å². The van der Waals surface area contributed by atoms with E-state index in [-0.39, 0.29) is 5.54 Å². The fraction of sp³-hybridized carbons (Fsp3) is 0.625. The minimum atomic E-state index is 0.162. The topological polar surface area (TPSA) is 32.5 Å². The zero-order valence-electron chi connectivity index (χ0n) is 12.2. The maximum atomic E-state index is 6.15. The van der Waals surface area contributed by atoms with E-state index in [9.17, 15) is 0 Å². The lowest BCUT2D eigenvalue weighted by molar-refractivity contribution is 0.120. The molecule has 1 aliphatic carbocycles. The van der Waals surface area contributed by atoms with Crippen LogP contribution in [-0.4, -0.2) is 48.1 Å². The van der Waals surface area contributed by atoms with Crippen LogP contribution < -0.4 is 5.73 Å². The van der Waals surface area contributed by atoms with Gasteiger partial charge in [-0.25, -0.2) is 0 Å². The van der Waals surface area contributed by atoms with Gasteiger partial charge in [0, 0.05) is 42.2 Å². The van der Waals surface area contributed by atoms with Gasteiger partial charge in [-0.1, -0.05) is 28.1 Å². The van der Waals surface area contributed by atoms with Crippen molar-refractivity contribution >= 4 is 15.9 Å². The third-order valence-electron chi connectivity index (χ3n) is 4.95. The van der Waals surface area contributed by atoms with Crippen LogP contribution >= 0.6 is 15.9 Å². The molecule has 1 aliphatic heterocycles. The Kier molecular flexibility index (Phi) is 4.18. The molecule has 0 aromatic heterocycles. The van der Waals surface area contributed by atoms with E-state index in [0.717, 1.165) is 30.1 Å². The summed E-state index contributed by atoms with van der Waals surface area (Å²) in [6, 6.07) is 9.47. The number of rotatable bonds is 5. The molecule has 0 radical (unpaired) electrons. The number of hydrogen-bond donors (Lipinski definition) is 1. The molecule has 3 nitrogen and oxygen atoms in total. The Hall–Kier alpha value is -0.420. The average molecular weight is 338 g/mol. The summed E-state index contributed by atoms with van der Waals surface area (Å²) in [6.45, 7) is 4.08. The van der Waals surface area contributed by atoms with E-state index in [0.29, 0.717) is 0 Å². The normalized spacial score (nSPS) is 27.4. The zero-order chi connectivity index (χ0) is 14.2. The summed E-state index contributed by atoms with van der Waals surface area (Å²) >= 11 is 3.49. The molecule has 3 rings (SSSR count). The summed E-state index contributed by atoms with van der Waals surface area (Å²) in [4.78, 5) is 5.11. The van der Waals surface area contributed by atoms with Crippen molar-refractivity contribution in [3.63, 3.8) is 0 Å². The molecule has 1 saturated carbocycles. The van der Waals surface area contributed by atoms with Crippen LogP contribution in [0.1, 0.15) is 24.8 Å². The van der Waals surface area contributed by atoms with Crippen LogP contribution in [-0.2, 0) is 6.54 Å². The molecule has 1 heterocycles. The third-order valence-corrected chi connectivity index (χ3v) is 5.48. The number of likely N-dealkylation sites (tertiary alicyclic amines) is 1. The molecular weight excluding hydrogens is 314 g/mol. The van der Waals surface area contributed by atoms with E-state index >= 15 is 0 Å². The Bertz CT molecular complexity index is 457. The van der Waals surface area contributed by atoms with E-state index < -0.39 is 0 Å². The predicted molar refractivity (Wildman–Crippen MR) is 86.6 cm³/mol. The summed E-state index contributed by atoms with van der Waals surface area (Å²) in [5, 5.41) is 0. The lowest BCUT2D eigenvalue weighted by atomic mass is 9.96. The molecule has 1 saturated heterocycles. The number of halogens is 1. The van der Waals surface area contributed by atoms with E-state index in [1.807, 2.05) is 0 Å². The number of benzene rings is 1. The number of hydrogen-bond acceptors (Lipinski definition) is 3. The van der Waals surface area contributed by atoms with Crippen molar-refractivity contribution in [2.75, 3.05) is 26.7 Å². The average Bonchev–Trinajstić information content (AvgIpc) is 3.21. The van der Waals surface area contributed by atoms with E-state index in [1.54, 1.807) is 0 Å². The summed E-state index contributed by atoms with van der Waals surface area (Å²) in [5.74, 6) is 0. The third kappa shape index (κ3) is 2.93. The molecule has 110 valence electrons. The molecular formula is C16H24BrN3. The fourth-order valence-electron chi connectivity index (χ4n) is 3.30. The highest BCUT2D eigenvalue weighted by atomic mass is 79.9. The van der Waals surface area contributed by atoms with Crippen LogP contribution in [0.5, 0.6) is 0 Å². The van der Waals surface area contributed by atoms with Gasteiger partial charge in [-0.15, -0.1) is 0 Å². The van der Waals surface area contributed by atoms with Gasteiger partial charge in [0.2, 0.25) is 0 Å². The number of likely N-dealkylation sites (N-methyl/N-ethyl adjacent to an activating group) is 1. The van der Waals surface area contributed by atoms with Gasteiger partial charge in [-0.3, -0.25) is 9.80 Å². The molecule has 2 N–H and O–H groups in total. The maximum Gasteiger partial charge on any atom is 0.0471 e. The summed E-state index contributed by atoms with van der Waals surface area (Å²) in [7, 11) is 2.23. The Labute approximate surface area is 130 Å². The van der Waals surface area contributed by atoms with Gasteiger partial charge in [0.25, 0.3) is 0 Å². The van der Waals surface area contributed by atoms with E-state index in [4.69, 9.17) is 5.73 Å². The molecule has 1 unspecified atom stereocenters. The van der Waals surface area contributed by atoms with Gasteiger partial charge in [-0.2, -0.15) is 0 Å². The molecule has 4 heteroatoms. The summed E-state index contributed by atoms with van der Waals surface area (Å²) in [5.41, 5.74) is 7.67. The van der Waals surface area contributed by atoms with Gasteiger partial charge in [0.05, 0.1) is 0 Å². The van der Waals surface area contributed by atoms with Crippen molar-refractivity contribution in [2.45, 2.75) is 37.4 Å². The van der Waals surface area contributed by atoms with Gasteiger partial charge < -0.3 is 5.73 Å². The van der Waals surface area contributed by atoms with E-state index in [1.165, 1.54) is 31.4 Å². The molecule has 20 heavy (non-hydrogen) atoms. The molecule has 2 aliphatic rings. The lowest BCUT2D eigenvalue weighted by Gasteiger charge is -2.38. The quantitative estimate of drug-likeness (QED) is 0.895. The SMILES string of the molecule is CN(Cc1ccc(Br)cc1)C1(CN)CCN(C2CC2)C1. The number of nitrogens with zero attached hydrogens (tertiary/aromatic N) is 2. The molecule has 0 amide bonds. The zero-order valence-corrected chi connectivity index (χ0v) is 13.8. The first-order chi connectivity index (χ1) is 9.63. The van der Waals surface area contributed by atoms with Gasteiger partial charge in [-0.05, 0) is 44.0 Å². The van der Waals surface area contributed by atoms with Gasteiger partial charge in [0.15, 0.2) is 0 Å². The van der Waals surface area contributed by atoms with Crippen molar-refractivity contribution in [2.24, 2.45) is 5.73 Å². The minimum absolute atomic E-state index is 0.162. The standard InChI is InChI=1S/C16H24BrN3/c1-19(10-13-2-4-14(17)5-3-13)16(11-18)8-9-20(12-16)15-6-7-15/h2-5,15H,6-12,18H2,1H3. The van der Waals surface area contributed by atoms with Gasteiger partial charge >= 0.3 is 0 Å². The van der Waals surface area contributed by atoms with Crippen LogP contribution in [0.2, 0.25) is 0 Å². The van der Waals surface area contributed by atoms with Crippen LogP contribution in [0.25, 0.3) is 0 Å². The highest BCUT2D eigenvalue weighted by Gasteiger charge is 2.44. The van der Waals surface area contributed by atoms with Crippen molar-refractivity contribution in [3.05, 3.63) is 34.3 Å². The lowest BCUT2D eigenvalue weighted by Crippen LogP contribution is -2.53. The van der Waals surface area contributed by atoms with Crippen LogP contribution in [0.3, 0.4) is 0 Å². The highest BCUT2D eigenvalue weighted by Crippen LogP contribution is 2.35. The second-order valence-corrected chi connectivity index (χ2v) is 7.28. The number of nitrogens with two attached hydrogens (primary N) is 1. The highest BCUT2D eigenvalue weighted by molar-refractivity contribution is 9.10. The fourth-order valence-corrected chi connectivity index (χ4v) is 3.57. The molecule has 1 atom stereocenters. The van der Waals surface area contributed by atoms with E-state index in [2.05, 4.69) is 57.0 Å². The minimum Gasteiger partial charge on any atom is -0.329 e. The van der Waals surface area contributed by atoms with Crippen LogP contribution in [0.4, 0.5) is 0 Å². The summed E-state index contributed by atoms with van der Waals surface area (Å²) < 4.78 is 1.14. The maximum absolute atomic E-state index is 6.15. The predicted octanol–water partition coefficient (Wildman–Crippen LogP) is 2.45. The van der Waals surface area contributed by atoms with Crippen molar-refractivity contribution in [1.82, 2.24) is 9.80 Å². The Morgan fingerprint density at radius 3 is 2.65 bits per heavy atom. The summed E-state index contributed by atoms with van der Waals surface area (Å²) in [6.07, 6.45) is 3.97. The van der Waals surface area contributed by atoms with Gasteiger partial charge in [0.1, 0.15) is 0 Å². The van der Waals surface area contributed by atoms with Crippen molar-refractivity contribution in [3.8, 4) is 0 Å². The second-order valence-electron chi connectivity index (χ2n) is 6.36. The molecule has 2 fully saturated rings. The Balaban J connectivity index is 1.67. The first-order valence-electron chi connectivity index (χ1n) is 7.53.